The fourth-order valence-corrected chi connectivity index (χ4v) is 4.35. The van der Waals surface area contributed by atoms with E-state index in [1.807, 2.05) is 0 Å². The molecule has 1 atom stereocenters. The number of rotatable bonds is 9. The third-order valence-corrected chi connectivity index (χ3v) is 6.32. The summed E-state index contributed by atoms with van der Waals surface area (Å²) >= 11 is 0. The van der Waals surface area contributed by atoms with Gasteiger partial charge in [0.25, 0.3) is 0 Å². The van der Waals surface area contributed by atoms with E-state index in [1.54, 1.807) is 0 Å². The van der Waals surface area contributed by atoms with E-state index in [4.69, 9.17) is 0 Å². The standard InChI is InChI=1S/C21H40N4O2/c1-4-17-10-7-13-25(15-17)21(2,3)16-24-20(27)23-12-11-22-19(26)14-18-8-5-6-9-18/h17-18H,4-16H2,1-3H3,(H,22,26)(H2,23,24,27). The van der Waals surface area contributed by atoms with E-state index >= 15 is 0 Å². The van der Waals surface area contributed by atoms with Crippen LogP contribution in [-0.4, -0.2) is 55.1 Å². The van der Waals surface area contributed by atoms with Crippen molar-refractivity contribution in [1.29, 1.82) is 0 Å². The first kappa shape index (κ1) is 22.0. The van der Waals surface area contributed by atoms with E-state index < -0.39 is 0 Å². The van der Waals surface area contributed by atoms with Crippen molar-refractivity contribution in [3.63, 3.8) is 0 Å². The van der Waals surface area contributed by atoms with Crippen molar-refractivity contribution < 1.29 is 9.59 Å². The summed E-state index contributed by atoms with van der Waals surface area (Å²) in [7, 11) is 0. The van der Waals surface area contributed by atoms with Gasteiger partial charge in [0.05, 0.1) is 0 Å². The molecule has 0 aromatic heterocycles. The minimum absolute atomic E-state index is 0.0410. The van der Waals surface area contributed by atoms with E-state index in [2.05, 4.69) is 41.6 Å². The number of urea groups is 1. The number of amides is 3. The van der Waals surface area contributed by atoms with Crippen LogP contribution >= 0.6 is 0 Å². The molecule has 1 heterocycles. The molecule has 2 fully saturated rings. The quantitative estimate of drug-likeness (QED) is 0.539. The Labute approximate surface area is 165 Å². The molecular formula is C21H40N4O2. The maximum Gasteiger partial charge on any atom is 0.314 e. The third-order valence-electron chi connectivity index (χ3n) is 6.32. The SMILES string of the molecule is CCC1CCCN(C(C)(C)CNC(=O)NCCNC(=O)CC2CCCC2)C1. The summed E-state index contributed by atoms with van der Waals surface area (Å²) in [5, 5.41) is 8.75. The average Bonchev–Trinajstić information content (AvgIpc) is 3.16. The van der Waals surface area contributed by atoms with Crippen molar-refractivity contribution in [2.45, 2.75) is 77.7 Å². The number of carbonyl (C=O) groups excluding carboxylic acids is 2. The largest absolute Gasteiger partial charge is 0.354 e. The fraction of sp³-hybridized carbons (Fsp3) is 0.905. The lowest BCUT2D eigenvalue weighted by Gasteiger charge is -2.43. The summed E-state index contributed by atoms with van der Waals surface area (Å²) in [6.07, 6.45) is 9.30. The van der Waals surface area contributed by atoms with Gasteiger partial charge in [0.2, 0.25) is 5.91 Å². The molecule has 1 aliphatic carbocycles. The predicted octanol–water partition coefficient (Wildman–Crippen LogP) is 2.88. The summed E-state index contributed by atoms with van der Waals surface area (Å²) in [6, 6.07) is -0.155. The summed E-state index contributed by atoms with van der Waals surface area (Å²) < 4.78 is 0. The van der Waals surface area contributed by atoms with Crippen molar-refractivity contribution in [3.8, 4) is 0 Å². The minimum atomic E-state index is -0.155. The number of carbonyl (C=O) groups is 2. The fourth-order valence-electron chi connectivity index (χ4n) is 4.35. The number of piperidine rings is 1. The topological polar surface area (TPSA) is 73.5 Å². The van der Waals surface area contributed by atoms with Crippen LogP contribution in [0.2, 0.25) is 0 Å². The Bertz CT molecular complexity index is 475. The van der Waals surface area contributed by atoms with Crippen LogP contribution in [0.25, 0.3) is 0 Å². The molecule has 0 spiro atoms. The second-order valence-corrected chi connectivity index (χ2v) is 8.99. The number of nitrogens with one attached hydrogen (secondary N) is 3. The zero-order valence-electron chi connectivity index (χ0n) is 17.6. The van der Waals surface area contributed by atoms with Crippen molar-refractivity contribution in [2.75, 3.05) is 32.7 Å². The first-order valence-electron chi connectivity index (χ1n) is 10.9. The zero-order valence-corrected chi connectivity index (χ0v) is 17.6. The van der Waals surface area contributed by atoms with E-state index in [0.29, 0.717) is 32.0 Å². The summed E-state index contributed by atoms with van der Waals surface area (Å²) in [5.74, 6) is 1.45. The molecule has 0 aromatic carbocycles. The average molecular weight is 381 g/mol. The Kier molecular flexibility index (Phi) is 8.87. The Morgan fingerprint density at radius 1 is 0.963 bits per heavy atom. The van der Waals surface area contributed by atoms with Gasteiger partial charge >= 0.3 is 6.03 Å². The second-order valence-electron chi connectivity index (χ2n) is 8.99. The van der Waals surface area contributed by atoms with Gasteiger partial charge in [-0.2, -0.15) is 0 Å². The molecule has 1 unspecified atom stereocenters. The molecule has 1 saturated heterocycles. The zero-order chi connectivity index (χ0) is 19.7. The summed E-state index contributed by atoms with van der Waals surface area (Å²) in [5.41, 5.74) is -0.0410. The molecule has 0 aromatic rings. The highest BCUT2D eigenvalue weighted by Gasteiger charge is 2.31. The molecule has 2 rings (SSSR count). The summed E-state index contributed by atoms with van der Waals surface area (Å²) in [4.78, 5) is 26.5. The van der Waals surface area contributed by atoms with Crippen LogP contribution in [0.15, 0.2) is 0 Å². The van der Waals surface area contributed by atoms with E-state index in [-0.39, 0.29) is 17.5 Å². The molecule has 3 N–H and O–H groups in total. The van der Waals surface area contributed by atoms with Crippen molar-refractivity contribution >= 4 is 11.9 Å². The lowest BCUT2D eigenvalue weighted by atomic mass is 9.91. The van der Waals surface area contributed by atoms with Crippen LogP contribution in [0.4, 0.5) is 4.79 Å². The Morgan fingerprint density at radius 2 is 1.63 bits per heavy atom. The minimum Gasteiger partial charge on any atom is -0.354 e. The van der Waals surface area contributed by atoms with Crippen molar-refractivity contribution in [1.82, 2.24) is 20.9 Å². The number of likely N-dealkylation sites (tertiary alicyclic amines) is 1. The van der Waals surface area contributed by atoms with Crippen LogP contribution in [0.1, 0.15) is 72.1 Å². The Morgan fingerprint density at radius 3 is 2.33 bits per heavy atom. The molecule has 27 heavy (non-hydrogen) atoms. The number of hydrogen-bond donors (Lipinski definition) is 3. The van der Waals surface area contributed by atoms with Gasteiger partial charge in [0, 0.05) is 38.1 Å². The monoisotopic (exact) mass is 380 g/mol. The highest BCUT2D eigenvalue weighted by atomic mass is 16.2. The van der Waals surface area contributed by atoms with Crippen molar-refractivity contribution in [3.05, 3.63) is 0 Å². The highest BCUT2D eigenvalue weighted by molar-refractivity contribution is 5.76. The first-order valence-corrected chi connectivity index (χ1v) is 10.9. The number of nitrogens with zero attached hydrogens (tertiary/aromatic N) is 1. The lowest BCUT2D eigenvalue weighted by molar-refractivity contribution is -0.121. The van der Waals surface area contributed by atoms with E-state index in [9.17, 15) is 9.59 Å². The molecule has 1 aliphatic heterocycles. The van der Waals surface area contributed by atoms with Crippen LogP contribution < -0.4 is 16.0 Å². The molecule has 1 saturated carbocycles. The predicted molar refractivity (Wildman–Crippen MR) is 110 cm³/mol. The van der Waals surface area contributed by atoms with Gasteiger partial charge in [-0.3, -0.25) is 9.69 Å². The summed E-state index contributed by atoms with van der Waals surface area (Å²) in [6.45, 7) is 10.5. The lowest BCUT2D eigenvalue weighted by Crippen LogP contribution is -2.56. The number of hydrogen-bond acceptors (Lipinski definition) is 3. The van der Waals surface area contributed by atoms with Gasteiger partial charge in [-0.05, 0) is 57.9 Å². The Balaban J connectivity index is 1.57. The van der Waals surface area contributed by atoms with Crippen molar-refractivity contribution in [2.24, 2.45) is 11.8 Å². The molecule has 3 amide bonds. The van der Waals surface area contributed by atoms with Gasteiger partial charge < -0.3 is 16.0 Å². The maximum atomic E-state index is 12.1. The van der Waals surface area contributed by atoms with Crippen LogP contribution in [0.5, 0.6) is 0 Å². The van der Waals surface area contributed by atoms with Crippen LogP contribution in [-0.2, 0) is 4.79 Å². The third kappa shape index (κ3) is 7.68. The molecule has 0 radical (unpaired) electrons. The molecule has 2 aliphatic rings. The molecular weight excluding hydrogens is 340 g/mol. The van der Waals surface area contributed by atoms with Gasteiger partial charge in [-0.15, -0.1) is 0 Å². The van der Waals surface area contributed by atoms with Gasteiger partial charge in [-0.25, -0.2) is 4.79 Å². The highest BCUT2D eigenvalue weighted by Crippen LogP contribution is 2.27. The molecule has 6 nitrogen and oxygen atoms in total. The van der Waals surface area contributed by atoms with E-state index in [0.717, 1.165) is 19.0 Å². The van der Waals surface area contributed by atoms with Gasteiger partial charge in [-0.1, -0.05) is 26.2 Å². The molecule has 156 valence electrons. The first-order chi connectivity index (χ1) is 12.9. The molecule has 0 bridgehead atoms. The maximum absolute atomic E-state index is 12.1. The van der Waals surface area contributed by atoms with Crippen LogP contribution in [0.3, 0.4) is 0 Å². The normalized spacial score (nSPS) is 21.8. The van der Waals surface area contributed by atoms with E-state index in [1.165, 1.54) is 44.9 Å². The Hall–Kier alpha value is -1.30. The molecule has 6 heteroatoms. The van der Waals surface area contributed by atoms with Crippen LogP contribution in [0, 0.1) is 11.8 Å². The van der Waals surface area contributed by atoms with Gasteiger partial charge in [0.1, 0.15) is 0 Å². The smallest absolute Gasteiger partial charge is 0.314 e. The second kappa shape index (κ2) is 10.9. The van der Waals surface area contributed by atoms with Gasteiger partial charge in [0.15, 0.2) is 0 Å².